The number of aryl methyl sites for hydroxylation is 3. The fourth-order valence-electron chi connectivity index (χ4n) is 2.83. The predicted molar refractivity (Wildman–Crippen MR) is 105 cm³/mol. The van der Waals surface area contributed by atoms with Crippen molar-refractivity contribution in [1.29, 1.82) is 0 Å². The van der Waals surface area contributed by atoms with Gasteiger partial charge in [-0.3, -0.25) is 9.59 Å². The Morgan fingerprint density at radius 1 is 0.923 bits per heavy atom. The predicted octanol–water partition coefficient (Wildman–Crippen LogP) is 4.07. The fraction of sp³-hybridized carbons (Fsp3) is 0.182. The Morgan fingerprint density at radius 2 is 1.62 bits per heavy atom. The first-order valence-electron chi connectivity index (χ1n) is 8.57. The summed E-state index contributed by atoms with van der Waals surface area (Å²) in [6, 6.07) is 16.9. The zero-order chi connectivity index (χ0) is 18.7. The third kappa shape index (κ3) is 4.09. The second-order valence-electron chi connectivity index (χ2n) is 6.64. The van der Waals surface area contributed by atoms with Gasteiger partial charge in [-0.25, -0.2) is 0 Å². The number of nitrogens with zero attached hydrogens (tertiary/aromatic N) is 1. The Balaban J connectivity index is 1.83. The van der Waals surface area contributed by atoms with E-state index >= 15 is 0 Å². The Morgan fingerprint density at radius 3 is 2.31 bits per heavy atom. The highest BCUT2D eigenvalue weighted by Gasteiger charge is 2.10. The van der Waals surface area contributed by atoms with Crippen LogP contribution in [0.25, 0.3) is 0 Å². The van der Waals surface area contributed by atoms with Gasteiger partial charge in [0.1, 0.15) is 0 Å². The maximum absolute atomic E-state index is 12.6. The van der Waals surface area contributed by atoms with Gasteiger partial charge >= 0.3 is 0 Å². The van der Waals surface area contributed by atoms with Crippen LogP contribution in [0.3, 0.4) is 0 Å². The molecule has 26 heavy (non-hydrogen) atoms. The summed E-state index contributed by atoms with van der Waals surface area (Å²) in [4.78, 5) is 24.7. The molecule has 0 fully saturated rings. The summed E-state index contributed by atoms with van der Waals surface area (Å²) >= 11 is 0. The molecule has 3 aromatic rings. The summed E-state index contributed by atoms with van der Waals surface area (Å²) in [7, 11) is 0. The highest BCUT2D eigenvalue weighted by molar-refractivity contribution is 6.04. The summed E-state index contributed by atoms with van der Waals surface area (Å²) in [5.41, 5.74) is 5.44. The standard InChI is InChI=1S/C22H22N2O2/c1-15-4-7-18(8-5-15)13-24-14-19(9-11-21(24)25)22(26)23-20-10-6-16(2)12-17(20)3/h4-12,14H,13H2,1-3H3,(H,23,26). The number of rotatable bonds is 4. The lowest BCUT2D eigenvalue weighted by Gasteiger charge is -2.11. The van der Waals surface area contributed by atoms with E-state index in [2.05, 4.69) is 5.32 Å². The Labute approximate surface area is 153 Å². The highest BCUT2D eigenvalue weighted by Crippen LogP contribution is 2.17. The largest absolute Gasteiger partial charge is 0.322 e. The number of amides is 1. The number of aromatic nitrogens is 1. The molecule has 1 aromatic heterocycles. The van der Waals surface area contributed by atoms with Crippen LogP contribution in [-0.4, -0.2) is 10.5 Å². The summed E-state index contributed by atoms with van der Waals surface area (Å²) < 4.78 is 1.56. The molecule has 0 bridgehead atoms. The third-order valence-electron chi connectivity index (χ3n) is 4.35. The molecule has 0 saturated carbocycles. The molecule has 0 radical (unpaired) electrons. The average Bonchev–Trinajstić information content (AvgIpc) is 2.61. The van der Waals surface area contributed by atoms with E-state index in [0.717, 1.165) is 22.4 Å². The SMILES string of the molecule is Cc1ccc(Cn2cc(C(=O)Nc3ccc(C)cc3C)ccc2=O)cc1. The number of nitrogens with one attached hydrogen (secondary N) is 1. The molecule has 0 aliphatic carbocycles. The zero-order valence-corrected chi connectivity index (χ0v) is 15.2. The van der Waals surface area contributed by atoms with Crippen molar-refractivity contribution >= 4 is 11.6 Å². The van der Waals surface area contributed by atoms with Gasteiger partial charge in [0, 0.05) is 18.0 Å². The van der Waals surface area contributed by atoms with Gasteiger partial charge < -0.3 is 9.88 Å². The number of hydrogen-bond acceptors (Lipinski definition) is 2. The first-order valence-corrected chi connectivity index (χ1v) is 8.57. The number of pyridine rings is 1. The van der Waals surface area contributed by atoms with E-state index in [1.165, 1.54) is 11.6 Å². The smallest absolute Gasteiger partial charge is 0.257 e. The van der Waals surface area contributed by atoms with Crippen LogP contribution in [0.5, 0.6) is 0 Å². The van der Waals surface area contributed by atoms with E-state index in [0.29, 0.717) is 12.1 Å². The summed E-state index contributed by atoms with van der Waals surface area (Å²) in [5.74, 6) is -0.227. The minimum absolute atomic E-state index is 0.131. The van der Waals surface area contributed by atoms with Crippen LogP contribution < -0.4 is 10.9 Å². The first-order chi connectivity index (χ1) is 12.4. The van der Waals surface area contributed by atoms with Crippen molar-refractivity contribution in [2.75, 3.05) is 5.32 Å². The maximum Gasteiger partial charge on any atom is 0.257 e. The van der Waals surface area contributed by atoms with Crippen LogP contribution in [0.1, 0.15) is 32.6 Å². The Hall–Kier alpha value is -3.14. The van der Waals surface area contributed by atoms with E-state index in [1.807, 2.05) is 63.2 Å². The van der Waals surface area contributed by atoms with Crippen molar-refractivity contribution in [2.24, 2.45) is 0 Å². The molecule has 0 aliphatic heterocycles. The average molecular weight is 346 g/mol. The molecule has 1 amide bonds. The Kier molecular flexibility index (Phi) is 5.03. The van der Waals surface area contributed by atoms with Crippen molar-refractivity contribution in [3.63, 3.8) is 0 Å². The number of benzene rings is 2. The van der Waals surface area contributed by atoms with Gasteiger partial charge in [-0.2, -0.15) is 0 Å². The molecular weight excluding hydrogens is 324 g/mol. The second-order valence-corrected chi connectivity index (χ2v) is 6.64. The lowest BCUT2D eigenvalue weighted by Crippen LogP contribution is -2.22. The van der Waals surface area contributed by atoms with Crippen LogP contribution in [0, 0.1) is 20.8 Å². The van der Waals surface area contributed by atoms with Crippen LogP contribution >= 0.6 is 0 Å². The van der Waals surface area contributed by atoms with Gasteiger partial charge in [-0.1, -0.05) is 47.5 Å². The van der Waals surface area contributed by atoms with Crippen molar-refractivity contribution < 1.29 is 4.79 Å². The van der Waals surface area contributed by atoms with Crippen molar-refractivity contribution in [1.82, 2.24) is 4.57 Å². The van der Waals surface area contributed by atoms with E-state index in [4.69, 9.17) is 0 Å². The van der Waals surface area contributed by atoms with Crippen molar-refractivity contribution in [3.8, 4) is 0 Å². The monoisotopic (exact) mass is 346 g/mol. The summed E-state index contributed by atoms with van der Waals surface area (Å²) in [6.07, 6.45) is 1.61. The van der Waals surface area contributed by atoms with E-state index in [1.54, 1.807) is 16.8 Å². The number of anilines is 1. The molecule has 132 valence electrons. The molecule has 0 spiro atoms. The lowest BCUT2D eigenvalue weighted by atomic mass is 10.1. The van der Waals surface area contributed by atoms with Gasteiger partial charge in [0.15, 0.2) is 0 Å². The van der Waals surface area contributed by atoms with Crippen molar-refractivity contribution in [3.05, 3.63) is 99.0 Å². The molecule has 0 aliphatic rings. The molecule has 0 saturated heterocycles. The van der Waals surface area contributed by atoms with Gasteiger partial charge in [0.2, 0.25) is 0 Å². The van der Waals surface area contributed by atoms with Gasteiger partial charge in [0.25, 0.3) is 11.5 Å². The van der Waals surface area contributed by atoms with E-state index < -0.39 is 0 Å². The van der Waals surface area contributed by atoms with Crippen LogP contribution in [-0.2, 0) is 6.54 Å². The van der Waals surface area contributed by atoms with Crippen LogP contribution in [0.4, 0.5) is 5.69 Å². The summed E-state index contributed by atoms with van der Waals surface area (Å²) in [6.45, 7) is 6.43. The maximum atomic E-state index is 12.6. The second kappa shape index (κ2) is 7.40. The molecule has 1 heterocycles. The van der Waals surface area contributed by atoms with Gasteiger partial charge in [-0.15, -0.1) is 0 Å². The molecule has 1 N–H and O–H groups in total. The zero-order valence-electron chi connectivity index (χ0n) is 15.2. The van der Waals surface area contributed by atoms with Crippen LogP contribution in [0.15, 0.2) is 65.6 Å². The quantitative estimate of drug-likeness (QED) is 0.774. The minimum Gasteiger partial charge on any atom is -0.322 e. The molecule has 3 rings (SSSR count). The molecule has 0 atom stereocenters. The van der Waals surface area contributed by atoms with Gasteiger partial charge in [0.05, 0.1) is 12.1 Å². The van der Waals surface area contributed by atoms with Gasteiger partial charge in [-0.05, 0) is 44.0 Å². The normalized spacial score (nSPS) is 10.6. The fourth-order valence-corrected chi connectivity index (χ4v) is 2.83. The van der Waals surface area contributed by atoms with E-state index in [9.17, 15) is 9.59 Å². The lowest BCUT2D eigenvalue weighted by molar-refractivity contribution is 0.102. The molecule has 4 nitrogen and oxygen atoms in total. The topological polar surface area (TPSA) is 51.1 Å². The minimum atomic E-state index is -0.227. The molecule has 2 aromatic carbocycles. The molecular formula is C22H22N2O2. The summed E-state index contributed by atoms with van der Waals surface area (Å²) in [5, 5.41) is 2.92. The molecule has 4 heteroatoms. The third-order valence-corrected chi connectivity index (χ3v) is 4.35. The van der Waals surface area contributed by atoms with Crippen molar-refractivity contribution in [2.45, 2.75) is 27.3 Å². The number of carbonyl (C=O) groups is 1. The van der Waals surface area contributed by atoms with Crippen LogP contribution in [0.2, 0.25) is 0 Å². The Bertz CT molecular complexity index is 1000. The first kappa shape index (κ1) is 17.7. The number of carbonyl (C=O) groups excluding carboxylic acids is 1. The highest BCUT2D eigenvalue weighted by atomic mass is 16.2. The number of hydrogen-bond donors (Lipinski definition) is 1. The van der Waals surface area contributed by atoms with E-state index in [-0.39, 0.29) is 11.5 Å². The molecule has 0 unspecified atom stereocenters.